The summed E-state index contributed by atoms with van der Waals surface area (Å²) in [7, 11) is 3.14. The van der Waals surface area contributed by atoms with Gasteiger partial charge >= 0.3 is 0 Å². The molecule has 0 heterocycles. The van der Waals surface area contributed by atoms with E-state index in [1.165, 1.54) is 0 Å². The fraction of sp³-hybridized carbons (Fsp3) is 0.381. The Morgan fingerprint density at radius 3 is 2.07 bits per heavy atom. The van der Waals surface area contributed by atoms with Crippen molar-refractivity contribution in [2.75, 3.05) is 32.8 Å². The average Bonchev–Trinajstić information content (AvgIpc) is 2.66. The van der Waals surface area contributed by atoms with Gasteiger partial charge in [-0.1, -0.05) is 15.9 Å². The van der Waals surface area contributed by atoms with Gasteiger partial charge in [-0.25, -0.2) is 0 Å². The summed E-state index contributed by atoms with van der Waals surface area (Å²) in [5.41, 5.74) is 2.36. The van der Waals surface area contributed by atoms with Crippen molar-refractivity contribution in [2.24, 2.45) is 0 Å². The normalized spacial score (nSPS) is 10.4. The van der Waals surface area contributed by atoms with Crippen molar-refractivity contribution in [3.05, 3.63) is 39.9 Å². The number of nitrogens with one attached hydrogen (secondary N) is 1. The fourth-order valence-corrected chi connectivity index (χ4v) is 3.19. The molecule has 7 heteroatoms. The van der Waals surface area contributed by atoms with Gasteiger partial charge in [-0.3, -0.25) is 4.79 Å². The minimum Gasteiger partial charge on any atom is -0.493 e. The minimum atomic E-state index is -0.150. The summed E-state index contributed by atoms with van der Waals surface area (Å²) in [6, 6.07) is 7.25. The van der Waals surface area contributed by atoms with E-state index in [2.05, 4.69) is 21.2 Å². The molecule has 0 bridgehead atoms. The van der Waals surface area contributed by atoms with E-state index in [-0.39, 0.29) is 12.3 Å². The zero-order chi connectivity index (χ0) is 20.7. The fourth-order valence-electron chi connectivity index (χ4n) is 2.73. The minimum absolute atomic E-state index is 0.150. The smallest absolute Gasteiger partial charge is 0.228 e. The van der Waals surface area contributed by atoms with Crippen LogP contribution in [0.25, 0.3) is 0 Å². The second-order valence-corrected chi connectivity index (χ2v) is 6.86. The second kappa shape index (κ2) is 10.2. The summed E-state index contributed by atoms with van der Waals surface area (Å²) in [6.07, 6.45) is 0.181. The molecule has 0 fully saturated rings. The quantitative estimate of drug-likeness (QED) is 0.595. The number of hydrogen-bond acceptors (Lipinski definition) is 5. The molecule has 1 N–H and O–H groups in total. The van der Waals surface area contributed by atoms with Crippen LogP contribution in [0.5, 0.6) is 23.0 Å². The van der Waals surface area contributed by atoms with Gasteiger partial charge in [0.25, 0.3) is 0 Å². The molecule has 28 heavy (non-hydrogen) atoms. The van der Waals surface area contributed by atoms with Gasteiger partial charge in [-0.2, -0.15) is 0 Å². The molecule has 0 spiro atoms. The van der Waals surface area contributed by atoms with Gasteiger partial charge in [0.05, 0.1) is 33.9 Å². The number of rotatable bonds is 9. The zero-order valence-corrected chi connectivity index (χ0v) is 18.4. The number of ether oxygens (including phenoxy) is 4. The van der Waals surface area contributed by atoms with Crippen molar-refractivity contribution in [2.45, 2.75) is 27.2 Å². The topological polar surface area (TPSA) is 66.0 Å². The van der Waals surface area contributed by atoms with E-state index in [1.807, 2.05) is 39.0 Å². The highest BCUT2D eigenvalue weighted by atomic mass is 79.9. The van der Waals surface area contributed by atoms with Crippen LogP contribution >= 0.6 is 15.9 Å². The molecule has 1 amide bonds. The molecule has 0 aliphatic heterocycles. The van der Waals surface area contributed by atoms with Crippen molar-refractivity contribution in [1.82, 2.24) is 0 Å². The Hall–Kier alpha value is -2.41. The molecule has 0 aliphatic carbocycles. The summed E-state index contributed by atoms with van der Waals surface area (Å²) in [4.78, 5) is 12.6. The maximum absolute atomic E-state index is 12.6. The molecule has 0 aliphatic rings. The van der Waals surface area contributed by atoms with Crippen LogP contribution < -0.4 is 24.3 Å². The van der Waals surface area contributed by atoms with Crippen molar-refractivity contribution in [3.8, 4) is 23.0 Å². The lowest BCUT2D eigenvalue weighted by molar-refractivity contribution is -0.115. The van der Waals surface area contributed by atoms with E-state index in [9.17, 15) is 4.79 Å². The van der Waals surface area contributed by atoms with Crippen molar-refractivity contribution < 1.29 is 23.7 Å². The Bertz CT molecular complexity index is 838. The van der Waals surface area contributed by atoms with Gasteiger partial charge < -0.3 is 24.3 Å². The Morgan fingerprint density at radius 1 is 0.929 bits per heavy atom. The molecule has 0 atom stereocenters. The Labute approximate surface area is 174 Å². The standard InChI is InChI=1S/C21H26BrNO5/c1-6-27-19-9-14(15(22)11-20(19)28-7-2)10-21(24)23-16-12-18(26-5)17(25-4)8-13(16)3/h8-9,11-12H,6-7,10H2,1-5H3,(H,23,24). The van der Waals surface area contributed by atoms with Crippen LogP contribution in [-0.4, -0.2) is 33.3 Å². The third-order valence-corrected chi connectivity index (χ3v) is 4.81. The molecule has 0 saturated heterocycles. The van der Waals surface area contributed by atoms with Crippen molar-refractivity contribution in [3.63, 3.8) is 0 Å². The first-order valence-electron chi connectivity index (χ1n) is 9.03. The molecule has 6 nitrogen and oxygen atoms in total. The summed E-state index contributed by atoms with van der Waals surface area (Å²) < 4.78 is 22.7. The van der Waals surface area contributed by atoms with E-state index < -0.39 is 0 Å². The largest absolute Gasteiger partial charge is 0.493 e. The predicted molar refractivity (Wildman–Crippen MR) is 113 cm³/mol. The highest BCUT2D eigenvalue weighted by Gasteiger charge is 2.15. The van der Waals surface area contributed by atoms with Crippen LogP contribution in [0.1, 0.15) is 25.0 Å². The Morgan fingerprint density at radius 2 is 1.50 bits per heavy atom. The molecule has 152 valence electrons. The molecule has 0 saturated carbocycles. The summed E-state index contributed by atoms with van der Waals surface area (Å²) in [6.45, 7) is 6.76. The maximum atomic E-state index is 12.6. The van der Waals surface area contributed by atoms with Gasteiger partial charge in [-0.05, 0) is 50.1 Å². The number of hydrogen-bond donors (Lipinski definition) is 1. The van der Waals surface area contributed by atoms with Crippen LogP contribution in [0, 0.1) is 6.92 Å². The number of benzene rings is 2. The number of carbonyl (C=O) groups excluding carboxylic acids is 1. The van der Waals surface area contributed by atoms with E-state index in [1.54, 1.807) is 20.3 Å². The Kier molecular flexibility index (Phi) is 7.99. The number of anilines is 1. The zero-order valence-electron chi connectivity index (χ0n) is 16.8. The Balaban J connectivity index is 2.22. The lowest BCUT2D eigenvalue weighted by atomic mass is 10.1. The third kappa shape index (κ3) is 5.32. The number of methoxy groups -OCH3 is 2. The highest BCUT2D eigenvalue weighted by molar-refractivity contribution is 9.10. The SMILES string of the molecule is CCOc1cc(Br)c(CC(=O)Nc2cc(OC)c(OC)cc2C)cc1OCC. The van der Waals surface area contributed by atoms with Gasteiger partial charge in [0.2, 0.25) is 5.91 Å². The van der Waals surface area contributed by atoms with Crippen LogP contribution in [0.3, 0.4) is 0 Å². The third-order valence-electron chi connectivity index (χ3n) is 4.07. The summed E-state index contributed by atoms with van der Waals surface area (Å²) in [5, 5.41) is 2.94. The van der Waals surface area contributed by atoms with Crippen molar-refractivity contribution >= 4 is 27.5 Å². The van der Waals surface area contributed by atoms with Gasteiger partial charge in [0, 0.05) is 16.2 Å². The van der Waals surface area contributed by atoms with Crippen LogP contribution in [0.15, 0.2) is 28.7 Å². The molecule has 0 unspecified atom stereocenters. The lowest BCUT2D eigenvalue weighted by Gasteiger charge is -2.15. The van der Waals surface area contributed by atoms with Crippen LogP contribution in [0.4, 0.5) is 5.69 Å². The first kappa shape index (κ1) is 21.9. The van der Waals surface area contributed by atoms with Crippen LogP contribution in [0.2, 0.25) is 0 Å². The number of carbonyl (C=O) groups is 1. The van der Waals surface area contributed by atoms with Crippen molar-refractivity contribution in [1.29, 1.82) is 0 Å². The molecule has 0 aromatic heterocycles. The number of aryl methyl sites for hydroxylation is 1. The predicted octanol–water partition coefficient (Wildman–Crippen LogP) is 4.75. The van der Waals surface area contributed by atoms with E-state index in [0.29, 0.717) is 41.9 Å². The molecular formula is C21H26BrNO5. The summed E-state index contributed by atoms with van der Waals surface area (Å²) in [5.74, 6) is 2.30. The lowest BCUT2D eigenvalue weighted by Crippen LogP contribution is -2.16. The second-order valence-electron chi connectivity index (χ2n) is 6.00. The molecule has 2 rings (SSSR count). The highest BCUT2D eigenvalue weighted by Crippen LogP contribution is 2.35. The van der Waals surface area contributed by atoms with E-state index in [4.69, 9.17) is 18.9 Å². The molecular weight excluding hydrogens is 426 g/mol. The van der Waals surface area contributed by atoms with Gasteiger partial charge in [0.15, 0.2) is 23.0 Å². The molecule has 2 aromatic rings. The average molecular weight is 452 g/mol. The van der Waals surface area contributed by atoms with E-state index in [0.717, 1.165) is 15.6 Å². The molecule has 0 radical (unpaired) electrons. The first-order chi connectivity index (χ1) is 13.4. The first-order valence-corrected chi connectivity index (χ1v) is 9.83. The monoisotopic (exact) mass is 451 g/mol. The van der Waals surface area contributed by atoms with E-state index >= 15 is 0 Å². The number of halogens is 1. The number of amides is 1. The van der Waals surface area contributed by atoms with Gasteiger partial charge in [-0.15, -0.1) is 0 Å². The summed E-state index contributed by atoms with van der Waals surface area (Å²) >= 11 is 3.52. The maximum Gasteiger partial charge on any atom is 0.228 e. The molecule has 2 aromatic carbocycles. The van der Waals surface area contributed by atoms with Gasteiger partial charge in [0.1, 0.15) is 0 Å². The van der Waals surface area contributed by atoms with Crippen LogP contribution in [-0.2, 0) is 11.2 Å².